The second-order valence-electron chi connectivity index (χ2n) is 2.95. The van der Waals surface area contributed by atoms with E-state index in [0.717, 1.165) is 7.05 Å². The van der Waals surface area contributed by atoms with Gasteiger partial charge >= 0.3 is 5.97 Å². The molecule has 1 aromatic heterocycles. The van der Waals surface area contributed by atoms with Gasteiger partial charge in [0.2, 0.25) is 10.0 Å². The molecule has 1 N–H and O–H groups in total. The Balaban J connectivity index is 3.12. The van der Waals surface area contributed by atoms with Gasteiger partial charge in [0.05, 0.1) is 0 Å². The first-order chi connectivity index (χ1) is 7.35. The van der Waals surface area contributed by atoms with Gasteiger partial charge in [0, 0.05) is 13.2 Å². The molecule has 0 unspecified atom stereocenters. The van der Waals surface area contributed by atoms with Crippen molar-refractivity contribution >= 4 is 27.6 Å². The molecule has 0 aromatic carbocycles. The minimum absolute atomic E-state index is 0.181. The minimum Gasteiger partial charge on any atom is -0.480 e. The summed E-state index contributed by atoms with van der Waals surface area (Å²) >= 11 is 5.63. The number of hydrogen-bond donors (Lipinski definition) is 1. The molecule has 0 amide bonds. The number of nitrogens with zero attached hydrogens (tertiary/aromatic N) is 2. The third-order valence-electron chi connectivity index (χ3n) is 1.77. The van der Waals surface area contributed by atoms with E-state index in [1.807, 2.05) is 0 Å². The topological polar surface area (TPSA) is 87.6 Å². The second-order valence-corrected chi connectivity index (χ2v) is 5.32. The number of aliphatic carboxylic acids is 1. The Morgan fingerprint density at radius 1 is 1.62 bits per heavy atom. The number of hydrogen-bond acceptors (Lipinski definition) is 4. The van der Waals surface area contributed by atoms with Gasteiger partial charge in [-0.05, 0) is 12.1 Å². The zero-order chi connectivity index (χ0) is 12.3. The van der Waals surface area contributed by atoms with E-state index in [1.165, 1.54) is 18.3 Å². The van der Waals surface area contributed by atoms with Crippen LogP contribution in [0, 0.1) is 0 Å². The SMILES string of the molecule is CN(CC(=O)O)S(=O)(=O)c1cccnc1Cl. The average molecular weight is 265 g/mol. The first-order valence-electron chi connectivity index (χ1n) is 4.14. The molecule has 1 aromatic rings. The molecular weight excluding hydrogens is 256 g/mol. The van der Waals surface area contributed by atoms with Crippen LogP contribution in [0.3, 0.4) is 0 Å². The molecule has 0 bridgehead atoms. The molecule has 0 aliphatic rings. The summed E-state index contributed by atoms with van der Waals surface area (Å²) in [6.07, 6.45) is 1.35. The number of likely N-dealkylation sites (N-methyl/N-ethyl adjacent to an activating group) is 1. The molecule has 1 heterocycles. The van der Waals surface area contributed by atoms with Crippen molar-refractivity contribution in [2.24, 2.45) is 0 Å². The van der Waals surface area contributed by atoms with Crippen LogP contribution < -0.4 is 0 Å². The van der Waals surface area contributed by atoms with Crippen molar-refractivity contribution < 1.29 is 18.3 Å². The number of pyridine rings is 1. The number of carboxylic acids is 1. The molecule has 0 fully saturated rings. The molecule has 0 atom stereocenters. The molecule has 0 spiro atoms. The summed E-state index contributed by atoms with van der Waals surface area (Å²) in [4.78, 5) is 13.8. The Morgan fingerprint density at radius 2 is 2.25 bits per heavy atom. The van der Waals surface area contributed by atoms with Gasteiger partial charge in [0.25, 0.3) is 0 Å². The van der Waals surface area contributed by atoms with E-state index in [9.17, 15) is 13.2 Å². The summed E-state index contributed by atoms with van der Waals surface area (Å²) in [7, 11) is -2.75. The van der Waals surface area contributed by atoms with Crippen molar-refractivity contribution in [2.75, 3.05) is 13.6 Å². The molecule has 0 aliphatic carbocycles. The highest BCUT2D eigenvalue weighted by Gasteiger charge is 2.25. The maximum absolute atomic E-state index is 11.8. The Hall–Kier alpha value is -1.18. The summed E-state index contributed by atoms with van der Waals surface area (Å²) in [6.45, 7) is -0.631. The van der Waals surface area contributed by atoms with Crippen LogP contribution in [0.1, 0.15) is 0 Å². The minimum atomic E-state index is -3.91. The molecular formula is C8H9ClN2O4S. The summed E-state index contributed by atoms with van der Waals surface area (Å²) in [5.74, 6) is -1.24. The van der Waals surface area contributed by atoms with Gasteiger partial charge in [0.1, 0.15) is 16.6 Å². The molecule has 1 rings (SSSR count). The number of rotatable bonds is 4. The summed E-state index contributed by atoms with van der Waals surface area (Å²) < 4.78 is 24.3. The standard InChI is InChI=1S/C8H9ClN2O4S/c1-11(5-7(12)13)16(14,15)6-3-2-4-10-8(6)9/h2-4H,5H2,1H3,(H,12,13). The lowest BCUT2D eigenvalue weighted by molar-refractivity contribution is -0.137. The highest BCUT2D eigenvalue weighted by molar-refractivity contribution is 7.89. The largest absolute Gasteiger partial charge is 0.480 e. The predicted molar refractivity (Wildman–Crippen MR) is 56.7 cm³/mol. The first kappa shape index (κ1) is 12.9. The molecule has 0 aliphatic heterocycles. The Labute approximate surface area is 97.5 Å². The molecule has 0 radical (unpaired) electrons. The van der Waals surface area contributed by atoms with Crippen molar-refractivity contribution in [3.63, 3.8) is 0 Å². The van der Waals surface area contributed by atoms with Crippen LogP contribution in [0.4, 0.5) is 0 Å². The van der Waals surface area contributed by atoms with Crippen molar-refractivity contribution in [1.82, 2.24) is 9.29 Å². The van der Waals surface area contributed by atoms with Crippen LogP contribution in [-0.2, 0) is 14.8 Å². The van der Waals surface area contributed by atoms with Crippen LogP contribution in [-0.4, -0.2) is 42.4 Å². The van der Waals surface area contributed by atoms with E-state index in [4.69, 9.17) is 16.7 Å². The number of carbonyl (C=O) groups is 1. The lowest BCUT2D eigenvalue weighted by Crippen LogP contribution is -2.32. The molecule has 0 saturated carbocycles. The predicted octanol–water partition coefficient (Wildman–Crippen LogP) is 0.440. The smallest absolute Gasteiger partial charge is 0.318 e. The van der Waals surface area contributed by atoms with E-state index < -0.39 is 22.5 Å². The van der Waals surface area contributed by atoms with Crippen LogP contribution in [0.5, 0.6) is 0 Å². The molecule has 0 saturated heterocycles. The van der Waals surface area contributed by atoms with Crippen LogP contribution in [0.25, 0.3) is 0 Å². The van der Waals surface area contributed by atoms with Gasteiger partial charge < -0.3 is 5.11 Å². The van der Waals surface area contributed by atoms with Gasteiger partial charge in [-0.2, -0.15) is 4.31 Å². The van der Waals surface area contributed by atoms with Gasteiger partial charge in [0.15, 0.2) is 0 Å². The zero-order valence-electron chi connectivity index (χ0n) is 8.29. The Bertz CT molecular complexity index is 503. The van der Waals surface area contributed by atoms with Crippen molar-refractivity contribution in [2.45, 2.75) is 4.90 Å². The second kappa shape index (κ2) is 4.77. The van der Waals surface area contributed by atoms with Gasteiger partial charge in [-0.3, -0.25) is 4.79 Å². The fraction of sp³-hybridized carbons (Fsp3) is 0.250. The Morgan fingerprint density at radius 3 is 2.75 bits per heavy atom. The zero-order valence-corrected chi connectivity index (χ0v) is 9.86. The van der Waals surface area contributed by atoms with Gasteiger partial charge in [-0.25, -0.2) is 13.4 Å². The number of halogens is 1. The van der Waals surface area contributed by atoms with E-state index in [-0.39, 0.29) is 10.0 Å². The van der Waals surface area contributed by atoms with E-state index in [2.05, 4.69) is 4.98 Å². The maximum atomic E-state index is 11.8. The third-order valence-corrected chi connectivity index (χ3v) is 4.02. The van der Waals surface area contributed by atoms with Crippen molar-refractivity contribution in [1.29, 1.82) is 0 Å². The Kier molecular flexibility index (Phi) is 3.84. The quantitative estimate of drug-likeness (QED) is 0.798. The maximum Gasteiger partial charge on any atom is 0.318 e. The molecule has 8 heteroatoms. The van der Waals surface area contributed by atoms with Crippen molar-refractivity contribution in [3.05, 3.63) is 23.5 Å². The average Bonchev–Trinajstić information content (AvgIpc) is 2.16. The fourth-order valence-electron chi connectivity index (χ4n) is 1.01. The van der Waals surface area contributed by atoms with Crippen LogP contribution in [0.2, 0.25) is 5.15 Å². The van der Waals surface area contributed by atoms with Gasteiger partial charge in [-0.15, -0.1) is 0 Å². The van der Waals surface area contributed by atoms with Crippen molar-refractivity contribution in [3.8, 4) is 0 Å². The first-order valence-corrected chi connectivity index (χ1v) is 5.96. The van der Waals surface area contributed by atoms with E-state index in [1.54, 1.807) is 0 Å². The number of sulfonamides is 1. The number of carboxylic acid groups (broad SMARTS) is 1. The molecule has 88 valence electrons. The van der Waals surface area contributed by atoms with Gasteiger partial charge in [-0.1, -0.05) is 11.6 Å². The summed E-state index contributed by atoms with van der Waals surface area (Å²) in [6, 6.07) is 2.68. The lowest BCUT2D eigenvalue weighted by atomic mass is 10.5. The summed E-state index contributed by atoms with van der Waals surface area (Å²) in [5, 5.41) is 8.33. The van der Waals surface area contributed by atoms with Crippen LogP contribution >= 0.6 is 11.6 Å². The van der Waals surface area contributed by atoms with E-state index in [0.29, 0.717) is 4.31 Å². The monoisotopic (exact) mass is 264 g/mol. The number of aromatic nitrogens is 1. The highest BCUT2D eigenvalue weighted by Crippen LogP contribution is 2.20. The third kappa shape index (κ3) is 2.69. The fourth-order valence-corrected chi connectivity index (χ4v) is 2.55. The van der Waals surface area contributed by atoms with E-state index >= 15 is 0 Å². The normalized spacial score (nSPS) is 11.7. The summed E-state index contributed by atoms with van der Waals surface area (Å²) in [5.41, 5.74) is 0. The van der Waals surface area contributed by atoms with Crippen LogP contribution in [0.15, 0.2) is 23.2 Å². The lowest BCUT2D eigenvalue weighted by Gasteiger charge is -2.14. The molecule has 6 nitrogen and oxygen atoms in total. The molecule has 16 heavy (non-hydrogen) atoms. The highest BCUT2D eigenvalue weighted by atomic mass is 35.5.